The van der Waals surface area contributed by atoms with E-state index < -0.39 is 0 Å². The molecule has 0 radical (unpaired) electrons. The number of benzene rings is 1. The third kappa shape index (κ3) is 4.25. The molecule has 1 amide bonds. The summed E-state index contributed by atoms with van der Waals surface area (Å²) in [6, 6.07) is 7.27. The molecule has 0 unspecified atom stereocenters. The minimum absolute atomic E-state index is 0.0145. The Bertz CT molecular complexity index is 382. The van der Waals surface area contributed by atoms with Gasteiger partial charge in [0.15, 0.2) is 18.1 Å². The molecule has 18 heavy (non-hydrogen) atoms. The predicted octanol–water partition coefficient (Wildman–Crippen LogP) is 0.752. The summed E-state index contributed by atoms with van der Waals surface area (Å²) < 4.78 is 10.6. The van der Waals surface area contributed by atoms with Crippen LogP contribution < -0.4 is 14.8 Å². The molecule has 0 aliphatic carbocycles. The predicted molar refractivity (Wildman–Crippen MR) is 70.1 cm³/mol. The molecule has 1 rings (SSSR count). The fraction of sp³-hybridized carbons (Fsp3) is 0.462. The lowest BCUT2D eigenvalue weighted by atomic mass is 10.3. The SMILES string of the molecule is CNCCN(C)C(=O)COc1ccccc1OC. The smallest absolute Gasteiger partial charge is 0.260 e. The monoisotopic (exact) mass is 252 g/mol. The second kappa shape index (κ2) is 7.55. The van der Waals surface area contributed by atoms with Crippen LogP contribution in [-0.2, 0) is 4.79 Å². The molecular formula is C13H20N2O3. The third-order valence-electron chi connectivity index (χ3n) is 2.54. The first kappa shape index (κ1) is 14.3. The summed E-state index contributed by atoms with van der Waals surface area (Å²) in [7, 11) is 5.18. The van der Waals surface area contributed by atoms with Crippen LogP contribution in [0.25, 0.3) is 0 Å². The summed E-state index contributed by atoms with van der Waals surface area (Å²) in [5, 5.41) is 2.99. The Morgan fingerprint density at radius 3 is 2.61 bits per heavy atom. The van der Waals surface area contributed by atoms with E-state index in [0.29, 0.717) is 18.0 Å². The van der Waals surface area contributed by atoms with E-state index in [0.717, 1.165) is 6.54 Å². The Labute approximate surface area is 108 Å². The number of amides is 1. The van der Waals surface area contributed by atoms with Crippen LogP contribution in [0.4, 0.5) is 0 Å². The summed E-state index contributed by atoms with van der Waals surface area (Å²) in [5.41, 5.74) is 0. The van der Waals surface area contributed by atoms with Crippen molar-refractivity contribution in [2.75, 3.05) is 40.9 Å². The number of hydrogen-bond donors (Lipinski definition) is 1. The molecule has 100 valence electrons. The van der Waals surface area contributed by atoms with Crippen molar-refractivity contribution in [2.24, 2.45) is 0 Å². The fourth-order valence-electron chi connectivity index (χ4n) is 1.39. The van der Waals surface area contributed by atoms with Gasteiger partial charge in [0, 0.05) is 20.1 Å². The van der Waals surface area contributed by atoms with E-state index >= 15 is 0 Å². The van der Waals surface area contributed by atoms with Crippen molar-refractivity contribution in [3.63, 3.8) is 0 Å². The second-order valence-electron chi connectivity index (χ2n) is 3.86. The Kier molecular flexibility index (Phi) is 6.00. The quantitative estimate of drug-likeness (QED) is 0.778. The van der Waals surface area contributed by atoms with Crippen LogP contribution in [0.2, 0.25) is 0 Å². The van der Waals surface area contributed by atoms with E-state index in [1.165, 1.54) is 0 Å². The highest BCUT2D eigenvalue weighted by molar-refractivity contribution is 5.77. The number of carbonyl (C=O) groups is 1. The Morgan fingerprint density at radius 1 is 1.33 bits per heavy atom. The van der Waals surface area contributed by atoms with E-state index in [1.807, 2.05) is 19.2 Å². The molecule has 0 heterocycles. The summed E-state index contributed by atoms with van der Waals surface area (Å²) in [6.45, 7) is 1.43. The first-order valence-corrected chi connectivity index (χ1v) is 5.83. The van der Waals surface area contributed by atoms with Crippen molar-refractivity contribution in [1.82, 2.24) is 10.2 Å². The van der Waals surface area contributed by atoms with Crippen molar-refractivity contribution >= 4 is 5.91 Å². The van der Waals surface area contributed by atoms with Gasteiger partial charge in [0.2, 0.25) is 0 Å². The van der Waals surface area contributed by atoms with Crippen molar-refractivity contribution < 1.29 is 14.3 Å². The van der Waals surface area contributed by atoms with Gasteiger partial charge in [0.1, 0.15) is 0 Å². The number of nitrogens with one attached hydrogen (secondary N) is 1. The molecule has 0 bridgehead atoms. The van der Waals surface area contributed by atoms with E-state index in [2.05, 4.69) is 5.32 Å². The molecular weight excluding hydrogens is 232 g/mol. The lowest BCUT2D eigenvalue weighted by Crippen LogP contribution is -2.35. The van der Waals surface area contributed by atoms with Crippen LogP contribution in [0.15, 0.2) is 24.3 Å². The highest BCUT2D eigenvalue weighted by Crippen LogP contribution is 2.25. The third-order valence-corrected chi connectivity index (χ3v) is 2.54. The zero-order valence-electron chi connectivity index (χ0n) is 11.1. The molecule has 1 N–H and O–H groups in total. The molecule has 0 fully saturated rings. The average molecular weight is 252 g/mol. The van der Waals surface area contributed by atoms with E-state index in [9.17, 15) is 4.79 Å². The van der Waals surface area contributed by atoms with E-state index in [-0.39, 0.29) is 12.5 Å². The molecule has 0 spiro atoms. The Morgan fingerprint density at radius 2 is 2.00 bits per heavy atom. The van der Waals surface area contributed by atoms with Crippen LogP contribution in [0.1, 0.15) is 0 Å². The highest BCUT2D eigenvalue weighted by Gasteiger charge is 2.10. The van der Waals surface area contributed by atoms with Gasteiger partial charge in [0.25, 0.3) is 5.91 Å². The number of likely N-dealkylation sites (N-methyl/N-ethyl adjacent to an activating group) is 2. The second-order valence-corrected chi connectivity index (χ2v) is 3.86. The first-order chi connectivity index (χ1) is 8.69. The maximum atomic E-state index is 11.8. The van der Waals surface area contributed by atoms with Crippen molar-refractivity contribution in [3.8, 4) is 11.5 Å². The maximum Gasteiger partial charge on any atom is 0.260 e. The van der Waals surface area contributed by atoms with Gasteiger partial charge >= 0.3 is 0 Å². The normalized spacial score (nSPS) is 9.94. The summed E-state index contributed by atoms with van der Waals surface area (Å²) in [6.07, 6.45) is 0. The number of carbonyl (C=O) groups excluding carboxylic acids is 1. The Balaban J connectivity index is 2.46. The molecule has 5 heteroatoms. The molecule has 0 aliphatic rings. The number of para-hydroxylation sites is 2. The molecule has 0 saturated heterocycles. The number of hydrogen-bond acceptors (Lipinski definition) is 4. The van der Waals surface area contributed by atoms with Crippen LogP contribution in [0.5, 0.6) is 11.5 Å². The molecule has 0 atom stereocenters. The van der Waals surface area contributed by atoms with Gasteiger partial charge in [-0.15, -0.1) is 0 Å². The van der Waals surface area contributed by atoms with Crippen molar-refractivity contribution in [2.45, 2.75) is 0 Å². The molecule has 1 aromatic rings. The standard InChI is InChI=1S/C13H20N2O3/c1-14-8-9-15(2)13(16)10-18-12-7-5-4-6-11(12)17-3/h4-7,14H,8-10H2,1-3H3. The van der Waals surface area contributed by atoms with Crippen LogP contribution in [-0.4, -0.2) is 51.7 Å². The topological polar surface area (TPSA) is 50.8 Å². The highest BCUT2D eigenvalue weighted by atomic mass is 16.5. The van der Waals surface area contributed by atoms with Crippen LogP contribution in [0, 0.1) is 0 Å². The Hall–Kier alpha value is -1.75. The molecule has 1 aromatic carbocycles. The van der Waals surface area contributed by atoms with Gasteiger partial charge in [-0.05, 0) is 19.2 Å². The fourth-order valence-corrected chi connectivity index (χ4v) is 1.39. The molecule has 0 saturated carbocycles. The van der Waals surface area contributed by atoms with Gasteiger partial charge in [-0.3, -0.25) is 4.79 Å². The minimum Gasteiger partial charge on any atom is -0.493 e. The van der Waals surface area contributed by atoms with Gasteiger partial charge in [0.05, 0.1) is 7.11 Å². The summed E-state index contributed by atoms with van der Waals surface area (Å²) in [4.78, 5) is 13.4. The van der Waals surface area contributed by atoms with E-state index in [4.69, 9.17) is 9.47 Å². The molecule has 0 aliphatic heterocycles. The van der Waals surface area contributed by atoms with Gasteiger partial charge in [-0.2, -0.15) is 0 Å². The van der Waals surface area contributed by atoms with E-state index in [1.54, 1.807) is 31.2 Å². The van der Waals surface area contributed by atoms with Crippen LogP contribution in [0.3, 0.4) is 0 Å². The number of nitrogens with zero attached hydrogens (tertiary/aromatic N) is 1. The molecule has 0 aromatic heterocycles. The largest absolute Gasteiger partial charge is 0.493 e. The summed E-state index contributed by atoms with van der Waals surface area (Å²) in [5.74, 6) is 1.15. The summed E-state index contributed by atoms with van der Waals surface area (Å²) >= 11 is 0. The minimum atomic E-state index is -0.0591. The zero-order valence-corrected chi connectivity index (χ0v) is 11.1. The zero-order chi connectivity index (χ0) is 13.4. The average Bonchev–Trinajstić information content (AvgIpc) is 2.42. The van der Waals surface area contributed by atoms with Gasteiger partial charge < -0.3 is 19.7 Å². The van der Waals surface area contributed by atoms with Crippen molar-refractivity contribution in [1.29, 1.82) is 0 Å². The number of ether oxygens (including phenoxy) is 2. The van der Waals surface area contributed by atoms with Gasteiger partial charge in [-0.25, -0.2) is 0 Å². The maximum absolute atomic E-state index is 11.8. The van der Waals surface area contributed by atoms with Gasteiger partial charge in [-0.1, -0.05) is 12.1 Å². The first-order valence-electron chi connectivity index (χ1n) is 5.83. The molecule has 5 nitrogen and oxygen atoms in total. The number of methoxy groups -OCH3 is 1. The lowest BCUT2D eigenvalue weighted by Gasteiger charge is -2.17. The lowest BCUT2D eigenvalue weighted by molar-refractivity contribution is -0.132. The van der Waals surface area contributed by atoms with Crippen LogP contribution >= 0.6 is 0 Å². The van der Waals surface area contributed by atoms with Crippen molar-refractivity contribution in [3.05, 3.63) is 24.3 Å². The number of rotatable bonds is 7.